The molecule has 1 aromatic heterocycles. The van der Waals surface area contributed by atoms with Gasteiger partial charge in [0.05, 0.1) is 12.1 Å². The molecule has 0 atom stereocenters. The Morgan fingerprint density at radius 1 is 1.18 bits per heavy atom. The standard InChI is InChI=1S/C13H12F3N5O/c14-13(15,16)12-19-18-10-7-20(5-6-21(10)12)11(22)8-3-1-2-4-9(8)17/h1-4H,5-7,17H2. The summed E-state index contributed by atoms with van der Waals surface area (Å²) in [5, 5.41) is 6.72. The molecule has 0 radical (unpaired) electrons. The molecule has 2 aromatic rings. The first-order valence-electron chi connectivity index (χ1n) is 6.51. The average molecular weight is 311 g/mol. The number of carbonyl (C=O) groups is 1. The van der Waals surface area contributed by atoms with Crippen LogP contribution >= 0.6 is 0 Å². The van der Waals surface area contributed by atoms with E-state index in [4.69, 9.17) is 5.73 Å². The largest absolute Gasteiger partial charge is 0.451 e. The number of hydrogen-bond donors (Lipinski definition) is 1. The molecule has 9 heteroatoms. The summed E-state index contributed by atoms with van der Waals surface area (Å²) in [7, 11) is 0. The zero-order valence-electron chi connectivity index (χ0n) is 11.3. The Morgan fingerprint density at radius 3 is 2.59 bits per heavy atom. The monoisotopic (exact) mass is 311 g/mol. The van der Waals surface area contributed by atoms with E-state index in [0.29, 0.717) is 11.3 Å². The molecular weight excluding hydrogens is 299 g/mol. The van der Waals surface area contributed by atoms with Gasteiger partial charge in [-0.2, -0.15) is 13.2 Å². The molecule has 116 valence electrons. The van der Waals surface area contributed by atoms with Gasteiger partial charge in [0.15, 0.2) is 5.82 Å². The number of aromatic nitrogens is 3. The number of rotatable bonds is 1. The second-order valence-electron chi connectivity index (χ2n) is 4.90. The number of anilines is 1. The Balaban J connectivity index is 1.85. The van der Waals surface area contributed by atoms with Gasteiger partial charge in [0.1, 0.15) is 0 Å². The summed E-state index contributed by atoms with van der Waals surface area (Å²) in [6.07, 6.45) is -4.55. The predicted octanol–water partition coefficient (Wildman–Crippen LogP) is 1.54. The molecule has 0 fully saturated rings. The number of halogens is 3. The average Bonchev–Trinajstić information content (AvgIpc) is 2.90. The van der Waals surface area contributed by atoms with Crippen LogP contribution in [0.15, 0.2) is 24.3 Å². The Hall–Kier alpha value is -2.58. The molecule has 0 unspecified atom stereocenters. The molecule has 0 spiro atoms. The topological polar surface area (TPSA) is 77.0 Å². The van der Waals surface area contributed by atoms with Gasteiger partial charge >= 0.3 is 6.18 Å². The van der Waals surface area contributed by atoms with E-state index in [9.17, 15) is 18.0 Å². The molecule has 0 saturated heterocycles. The van der Waals surface area contributed by atoms with Crippen LogP contribution in [0.1, 0.15) is 22.0 Å². The SMILES string of the molecule is Nc1ccccc1C(=O)N1CCn2c(nnc2C(F)(F)F)C1. The third-order valence-electron chi connectivity index (χ3n) is 3.49. The third-order valence-corrected chi connectivity index (χ3v) is 3.49. The summed E-state index contributed by atoms with van der Waals surface area (Å²) in [6, 6.07) is 6.56. The van der Waals surface area contributed by atoms with Crippen molar-refractivity contribution in [2.45, 2.75) is 19.3 Å². The molecule has 3 rings (SSSR count). The predicted molar refractivity (Wildman–Crippen MR) is 70.6 cm³/mol. The van der Waals surface area contributed by atoms with Crippen LogP contribution in [0.4, 0.5) is 18.9 Å². The molecule has 6 nitrogen and oxygen atoms in total. The minimum absolute atomic E-state index is 0.00431. The fourth-order valence-electron chi connectivity index (χ4n) is 2.40. The molecule has 0 saturated carbocycles. The van der Waals surface area contributed by atoms with Gasteiger partial charge in [-0.15, -0.1) is 10.2 Å². The van der Waals surface area contributed by atoms with E-state index in [1.165, 1.54) is 4.90 Å². The quantitative estimate of drug-likeness (QED) is 0.810. The lowest BCUT2D eigenvalue weighted by Gasteiger charge is -2.28. The summed E-state index contributed by atoms with van der Waals surface area (Å²) in [5.41, 5.74) is 6.41. The first-order chi connectivity index (χ1) is 10.4. The van der Waals surface area contributed by atoms with Crippen molar-refractivity contribution < 1.29 is 18.0 Å². The smallest absolute Gasteiger partial charge is 0.398 e. The second-order valence-corrected chi connectivity index (χ2v) is 4.90. The molecule has 1 aromatic carbocycles. The van der Waals surface area contributed by atoms with E-state index in [0.717, 1.165) is 4.57 Å². The van der Waals surface area contributed by atoms with Crippen LogP contribution in [0.5, 0.6) is 0 Å². The van der Waals surface area contributed by atoms with E-state index in [1.54, 1.807) is 24.3 Å². The van der Waals surface area contributed by atoms with Gasteiger partial charge in [-0.05, 0) is 12.1 Å². The first-order valence-corrected chi connectivity index (χ1v) is 6.51. The lowest BCUT2D eigenvalue weighted by molar-refractivity contribution is -0.147. The summed E-state index contributed by atoms with van der Waals surface area (Å²) in [6.45, 7) is 0.104. The second kappa shape index (κ2) is 5.00. The zero-order valence-corrected chi connectivity index (χ0v) is 11.3. The highest BCUT2D eigenvalue weighted by Crippen LogP contribution is 2.29. The van der Waals surface area contributed by atoms with Crippen LogP contribution in [0.2, 0.25) is 0 Å². The van der Waals surface area contributed by atoms with Crippen molar-refractivity contribution in [3.05, 3.63) is 41.5 Å². The maximum absolute atomic E-state index is 12.8. The van der Waals surface area contributed by atoms with Gasteiger partial charge in [-0.3, -0.25) is 4.79 Å². The highest BCUT2D eigenvalue weighted by atomic mass is 19.4. The number of alkyl halides is 3. The third kappa shape index (κ3) is 2.38. The van der Waals surface area contributed by atoms with Crippen molar-refractivity contribution in [3.63, 3.8) is 0 Å². The number of hydrogen-bond acceptors (Lipinski definition) is 4. The lowest BCUT2D eigenvalue weighted by Crippen LogP contribution is -2.39. The molecule has 1 aliphatic rings. The van der Waals surface area contributed by atoms with Crippen molar-refractivity contribution in [2.24, 2.45) is 0 Å². The molecular formula is C13H12F3N5O. The highest BCUT2D eigenvalue weighted by molar-refractivity contribution is 5.99. The fraction of sp³-hybridized carbons (Fsp3) is 0.308. The molecule has 2 N–H and O–H groups in total. The van der Waals surface area contributed by atoms with Crippen molar-refractivity contribution in [1.82, 2.24) is 19.7 Å². The molecule has 2 heterocycles. The number of nitrogens with zero attached hydrogens (tertiary/aromatic N) is 4. The maximum Gasteiger partial charge on any atom is 0.451 e. The molecule has 1 amide bonds. The van der Waals surface area contributed by atoms with E-state index in [1.807, 2.05) is 0 Å². The van der Waals surface area contributed by atoms with Crippen molar-refractivity contribution in [1.29, 1.82) is 0 Å². The van der Waals surface area contributed by atoms with Crippen LogP contribution in [-0.2, 0) is 19.3 Å². The Kier molecular flexibility index (Phi) is 3.27. The van der Waals surface area contributed by atoms with Crippen molar-refractivity contribution in [3.8, 4) is 0 Å². The number of nitrogen functional groups attached to an aromatic ring is 1. The van der Waals surface area contributed by atoms with Gasteiger partial charge in [-0.25, -0.2) is 0 Å². The van der Waals surface area contributed by atoms with Gasteiger partial charge in [0.25, 0.3) is 5.91 Å². The Morgan fingerprint density at radius 2 is 1.91 bits per heavy atom. The van der Waals surface area contributed by atoms with Crippen LogP contribution in [0, 0.1) is 0 Å². The van der Waals surface area contributed by atoms with E-state index < -0.39 is 12.0 Å². The van der Waals surface area contributed by atoms with Crippen LogP contribution < -0.4 is 5.73 Å². The molecule has 22 heavy (non-hydrogen) atoms. The van der Waals surface area contributed by atoms with E-state index in [2.05, 4.69) is 10.2 Å². The maximum atomic E-state index is 12.8. The molecule has 1 aliphatic heterocycles. The highest BCUT2D eigenvalue weighted by Gasteiger charge is 2.40. The van der Waals surface area contributed by atoms with Gasteiger partial charge in [0, 0.05) is 18.8 Å². The minimum Gasteiger partial charge on any atom is -0.398 e. The summed E-state index contributed by atoms with van der Waals surface area (Å²) in [5.74, 6) is -1.25. The van der Waals surface area contributed by atoms with Crippen molar-refractivity contribution in [2.75, 3.05) is 12.3 Å². The van der Waals surface area contributed by atoms with E-state index in [-0.39, 0.29) is 31.4 Å². The van der Waals surface area contributed by atoms with Gasteiger partial charge in [-0.1, -0.05) is 12.1 Å². The molecule has 0 bridgehead atoms. The normalized spacial score (nSPS) is 14.8. The Bertz CT molecular complexity index is 725. The van der Waals surface area contributed by atoms with E-state index >= 15 is 0 Å². The van der Waals surface area contributed by atoms with Crippen LogP contribution in [0.25, 0.3) is 0 Å². The number of amides is 1. The number of para-hydroxylation sites is 1. The zero-order chi connectivity index (χ0) is 15.9. The van der Waals surface area contributed by atoms with Crippen LogP contribution in [-0.4, -0.2) is 32.1 Å². The van der Waals surface area contributed by atoms with Gasteiger partial charge < -0.3 is 15.2 Å². The fourth-order valence-corrected chi connectivity index (χ4v) is 2.40. The molecule has 0 aliphatic carbocycles. The number of nitrogens with two attached hydrogens (primary N) is 1. The van der Waals surface area contributed by atoms with Crippen LogP contribution in [0.3, 0.4) is 0 Å². The number of carbonyl (C=O) groups excluding carboxylic acids is 1. The summed E-state index contributed by atoms with van der Waals surface area (Å²) < 4.78 is 39.3. The van der Waals surface area contributed by atoms with Crippen molar-refractivity contribution >= 4 is 11.6 Å². The lowest BCUT2D eigenvalue weighted by atomic mass is 10.1. The number of fused-ring (bicyclic) bond motifs is 1. The summed E-state index contributed by atoms with van der Waals surface area (Å²) in [4.78, 5) is 13.8. The minimum atomic E-state index is -4.55. The summed E-state index contributed by atoms with van der Waals surface area (Å²) >= 11 is 0. The Labute approximate surface area is 123 Å². The first kappa shape index (κ1) is 14.4. The van der Waals surface area contributed by atoms with Gasteiger partial charge in [0.2, 0.25) is 5.82 Å². The number of benzene rings is 1.